The van der Waals surface area contributed by atoms with E-state index in [1.165, 1.54) is 6.07 Å². The van der Waals surface area contributed by atoms with Crippen LogP contribution in [0.5, 0.6) is 0 Å². The van der Waals surface area contributed by atoms with Gasteiger partial charge in [-0.2, -0.15) is 13.2 Å². The van der Waals surface area contributed by atoms with E-state index in [2.05, 4.69) is 13.8 Å². The second kappa shape index (κ2) is 4.09. The molecule has 0 saturated heterocycles. The third kappa shape index (κ3) is 2.46. The molecule has 2 rings (SSSR count). The van der Waals surface area contributed by atoms with Gasteiger partial charge in [-0.1, -0.05) is 13.8 Å². The maximum Gasteiger partial charge on any atom is 0.416 e. The van der Waals surface area contributed by atoms with Gasteiger partial charge in [-0.25, -0.2) is 0 Å². The molecule has 1 aromatic carbocycles. The molecule has 0 atom stereocenters. The van der Waals surface area contributed by atoms with Crippen LogP contribution in [0, 0.1) is 5.92 Å². The summed E-state index contributed by atoms with van der Waals surface area (Å²) in [5.41, 5.74) is 0.263. The summed E-state index contributed by atoms with van der Waals surface area (Å²) in [5.74, 6) is 0.466. The van der Waals surface area contributed by atoms with Crippen LogP contribution in [0.25, 0.3) is 10.9 Å². The fourth-order valence-corrected chi connectivity index (χ4v) is 1.93. The van der Waals surface area contributed by atoms with Crippen molar-refractivity contribution in [2.75, 3.05) is 0 Å². The first-order valence-corrected chi connectivity index (χ1v) is 5.54. The lowest BCUT2D eigenvalue weighted by molar-refractivity contribution is -0.137. The van der Waals surface area contributed by atoms with E-state index in [1.54, 1.807) is 12.1 Å². The van der Waals surface area contributed by atoms with Crippen LogP contribution >= 0.6 is 0 Å². The Morgan fingerprint density at radius 3 is 2.47 bits per heavy atom. The summed E-state index contributed by atoms with van der Waals surface area (Å²) in [6.45, 7) is 4.97. The number of nitrogens with zero attached hydrogens (tertiary/aromatic N) is 1. The van der Waals surface area contributed by atoms with Crippen LogP contribution in [0.3, 0.4) is 0 Å². The van der Waals surface area contributed by atoms with Crippen molar-refractivity contribution in [2.24, 2.45) is 5.92 Å². The second-order valence-electron chi connectivity index (χ2n) is 4.63. The van der Waals surface area contributed by atoms with Gasteiger partial charge in [0, 0.05) is 23.6 Å². The SMILES string of the molecule is CC(C)Cn1ccc2cc(C(F)(F)F)ccc21. The minimum absolute atomic E-state index is 0.466. The normalized spacial score (nSPS) is 12.6. The summed E-state index contributed by atoms with van der Waals surface area (Å²) in [6.07, 6.45) is -2.43. The minimum atomic E-state index is -4.27. The van der Waals surface area contributed by atoms with E-state index in [-0.39, 0.29) is 0 Å². The van der Waals surface area contributed by atoms with Gasteiger partial charge in [0.1, 0.15) is 0 Å². The van der Waals surface area contributed by atoms with Crippen molar-refractivity contribution in [3.8, 4) is 0 Å². The molecule has 17 heavy (non-hydrogen) atoms. The van der Waals surface area contributed by atoms with Crippen LogP contribution in [0.15, 0.2) is 30.5 Å². The average molecular weight is 241 g/mol. The Kier molecular flexibility index (Phi) is 2.89. The first kappa shape index (κ1) is 12.0. The molecule has 92 valence electrons. The van der Waals surface area contributed by atoms with E-state index in [4.69, 9.17) is 0 Å². The predicted octanol–water partition coefficient (Wildman–Crippen LogP) is 4.32. The highest BCUT2D eigenvalue weighted by atomic mass is 19.4. The van der Waals surface area contributed by atoms with E-state index in [9.17, 15) is 13.2 Å². The van der Waals surface area contributed by atoms with Gasteiger partial charge in [0.15, 0.2) is 0 Å². The first-order chi connectivity index (χ1) is 7.88. The molecule has 4 heteroatoms. The Bertz CT molecular complexity index is 523. The molecular formula is C13H14F3N. The smallest absolute Gasteiger partial charge is 0.347 e. The van der Waals surface area contributed by atoms with Gasteiger partial charge in [-0.05, 0) is 30.2 Å². The number of hydrogen-bond donors (Lipinski definition) is 0. The Hall–Kier alpha value is -1.45. The van der Waals surface area contributed by atoms with Crippen LogP contribution in [0.1, 0.15) is 19.4 Å². The van der Waals surface area contributed by atoms with Gasteiger partial charge in [-0.15, -0.1) is 0 Å². The molecule has 0 aliphatic carbocycles. The zero-order chi connectivity index (χ0) is 12.6. The Morgan fingerprint density at radius 2 is 1.88 bits per heavy atom. The number of benzene rings is 1. The fourth-order valence-electron chi connectivity index (χ4n) is 1.93. The zero-order valence-corrected chi connectivity index (χ0v) is 9.75. The first-order valence-electron chi connectivity index (χ1n) is 5.54. The van der Waals surface area contributed by atoms with Crippen molar-refractivity contribution in [3.05, 3.63) is 36.0 Å². The summed E-state index contributed by atoms with van der Waals surface area (Å²) in [7, 11) is 0. The van der Waals surface area contributed by atoms with Crippen molar-refractivity contribution in [2.45, 2.75) is 26.6 Å². The average Bonchev–Trinajstić information content (AvgIpc) is 2.59. The number of fused-ring (bicyclic) bond motifs is 1. The molecule has 0 amide bonds. The Morgan fingerprint density at radius 1 is 1.18 bits per heavy atom. The van der Waals surface area contributed by atoms with Gasteiger partial charge in [-0.3, -0.25) is 0 Å². The maximum absolute atomic E-state index is 12.5. The maximum atomic E-state index is 12.5. The van der Waals surface area contributed by atoms with Crippen LogP contribution in [-0.2, 0) is 12.7 Å². The molecule has 0 N–H and O–H groups in total. The molecule has 0 aliphatic heterocycles. The van der Waals surface area contributed by atoms with Crippen molar-refractivity contribution >= 4 is 10.9 Å². The van der Waals surface area contributed by atoms with Crippen LogP contribution < -0.4 is 0 Å². The molecule has 1 aromatic heterocycles. The number of halogens is 3. The molecule has 1 heterocycles. The molecule has 0 radical (unpaired) electrons. The number of alkyl halides is 3. The second-order valence-corrected chi connectivity index (χ2v) is 4.63. The standard InChI is InChI=1S/C13H14F3N/c1-9(2)8-17-6-5-10-7-11(13(14,15)16)3-4-12(10)17/h3-7,9H,8H2,1-2H3. The molecule has 0 fully saturated rings. The Balaban J connectivity index is 2.45. The summed E-state index contributed by atoms with van der Waals surface area (Å²) in [6, 6.07) is 5.61. The molecule has 0 bridgehead atoms. The van der Waals surface area contributed by atoms with Gasteiger partial charge in [0.2, 0.25) is 0 Å². The lowest BCUT2D eigenvalue weighted by atomic mass is 10.1. The van der Waals surface area contributed by atoms with Crippen molar-refractivity contribution in [1.82, 2.24) is 4.57 Å². The highest BCUT2D eigenvalue weighted by Gasteiger charge is 2.30. The minimum Gasteiger partial charge on any atom is -0.347 e. The van der Waals surface area contributed by atoms with Gasteiger partial charge in [0.25, 0.3) is 0 Å². The highest BCUT2D eigenvalue weighted by Crippen LogP contribution is 2.31. The molecular weight excluding hydrogens is 227 g/mol. The third-order valence-corrected chi connectivity index (χ3v) is 2.66. The van der Waals surface area contributed by atoms with Gasteiger partial charge in [0.05, 0.1) is 5.56 Å². The predicted molar refractivity (Wildman–Crippen MR) is 61.8 cm³/mol. The number of aromatic nitrogens is 1. The van der Waals surface area contributed by atoms with E-state index in [0.29, 0.717) is 11.3 Å². The molecule has 2 aromatic rings. The lowest BCUT2D eigenvalue weighted by Gasteiger charge is -2.10. The summed E-state index contributed by atoms with van der Waals surface area (Å²) in [5, 5.41) is 0.639. The van der Waals surface area contributed by atoms with E-state index in [1.807, 2.05) is 10.8 Å². The number of hydrogen-bond acceptors (Lipinski definition) is 0. The topological polar surface area (TPSA) is 4.93 Å². The third-order valence-electron chi connectivity index (χ3n) is 2.66. The quantitative estimate of drug-likeness (QED) is 0.738. The van der Waals surface area contributed by atoms with Crippen molar-refractivity contribution < 1.29 is 13.2 Å². The summed E-state index contributed by atoms with van der Waals surface area (Å²) in [4.78, 5) is 0. The summed E-state index contributed by atoms with van der Waals surface area (Å²) >= 11 is 0. The van der Waals surface area contributed by atoms with Crippen molar-refractivity contribution in [3.63, 3.8) is 0 Å². The monoisotopic (exact) mass is 241 g/mol. The molecule has 1 nitrogen and oxygen atoms in total. The highest BCUT2D eigenvalue weighted by molar-refractivity contribution is 5.81. The zero-order valence-electron chi connectivity index (χ0n) is 9.75. The number of rotatable bonds is 2. The molecule has 0 aliphatic rings. The van der Waals surface area contributed by atoms with Crippen LogP contribution in [-0.4, -0.2) is 4.57 Å². The molecule has 0 unspecified atom stereocenters. The Labute approximate surface area is 97.9 Å². The van der Waals surface area contributed by atoms with E-state index >= 15 is 0 Å². The largest absolute Gasteiger partial charge is 0.416 e. The van der Waals surface area contributed by atoms with Gasteiger partial charge < -0.3 is 4.57 Å². The van der Waals surface area contributed by atoms with Gasteiger partial charge >= 0.3 is 6.18 Å². The van der Waals surface area contributed by atoms with Crippen LogP contribution in [0.4, 0.5) is 13.2 Å². The fraction of sp³-hybridized carbons (Fsp3) is 0.385. The van der Waals surface area contributed by atoms with Crippen molar-refractivity contribution in [1.29, 1.82) is 0 Å². The molecule has 0 spiro atoms. The van der Waals surface area contributed by atoms with E-state index in [0.717, 1.165) is 18.1 Å². The summed E-state index contributed by atoms with van der Waals surface area (Å²) < 4.78 is 39.6. The van der Waals surface area contributed by atoms with E-state index < -0.39 is 11.7 Å². The molecule has 0 saturated carbocycles. The van der Waals surface area contributed by atoms with Crippen LogP contribution in [0.2, 0.25) is 0 Å². The lowest BCUT2D eigenvalue weighted by Crippen LogP contribution is -2.05.